The number of thiazole rings is 1. The van der Waals surface area contributed by atoms with E-state index in [0.717, 1.165) is 29.4 Å². The van der Waals surface area contributed by atoms with Crippen molar-refractivity contribution in [2.45, 2.75) is 38.3 Å². The van der Waals surface area contributed by atoms with Crippen LogP contribution >= 0.6 is 11.3 Å². The third-order valence-corrected chi connectivity index (χ3v) is 5.01. The predicted octanol–water partition coefficient (Wildman–Crippen LogP) is 3.47. The molecule has 2 heterocycles. The van der Waals surface area contributed by atoms with Crippen LogP contribution < -0.4 is 0 Å². The summed E-state index contributed by atoms with van der Waals surface area (Å²) in [6.07, 6.45) is 11.2. The van der Waals surface area contributed by atoms with Crippen molar-refractivity contribution in [3.63, 3.8) is 0 Å². The fourth-order valence-electron chi connectivity index (χ4n) is 3.03. The molecule has 0 aromatic carbocycles. The van der Waals surface area contributed by atoms with Crippen molar-refractivity contribution >= 4 is 11.3 Å². The van der Waals surface area contributed by atoms with E-state index in [0.29, 0.717) is 6.04 Å². The minimum Gasteiger partial charge on any atom is -0.291 e. The summed E-state index contributed by atoms with van der Waals surface area (Å²) in [6.45, 7) is 5.77. The summed E-state index contributed by atoms with van der Waals surface area (Å²) in [5.41, 5.74) is 2.26. The van der Waals surface area contributed by atoms with E-state index in [1.165, 1.54) is 25.7 Å². The Labute approximate surface area is 130 Å². The summed E-state index contributed by atoms with van der Waals surface area (Å²) in [5.74, 6) is 0. The highest BCUT2D eigenvalue weighted by molar-refractivity contribution is 7.13. The molecule has 1 saturated carbocycles. The number of nitrogens with zero attached hydrogens (tertiary/aromatic N) is 4. The molecule has 0 unspecified atom stereocenters. The van der Waals surface area contributed by atoms with Gasteiger partial charge in [-0.25, -0.2) is 4.98 Å². The van der Waals surface area contributed by atoms with Crippen LogP contribution in [0, 0.1) is 0 Å². The average Bonchev–Trinajstić information content (AvgIpc) is 3.18. The lowest BCUT2D eigenvalue weighted by molar-refractivity contribution is 0.209. The maximum atomic E-state index is 4.78. The smallest absolute Gasteiger partial charge is 0.126 e. The van der Waals surface area contributed by atoms with E-state index in [1.54, 1.807) is 11.3 Å². The molecule has 0 spiro atoms. The van der Waals surface area contributed by atoms with Crippen molar-refractivity contribution in [3.8, 4) is 10.6 Å². The zero-order valence-corrected chi connectivity index (χ0v) is 13.4. The molecule has 0 aliphatic heterocycles. The zero-order chi connectivity index (χ0) is 14.7. The SMILES string of the molecule is C=CCN(Cc1csc(-c2cnn(C)c2)n1)C1CCCC1. The van der Waals surface area contributed by atoms with Crippen LogP contribution in [0.4, 0.5) is 0 Å². The van der Waals surface area contributed by atoms with Gasteiger partial charge in [0.05, 0.1) is 11.9 Å². The Morgan fingerprint density at radius 1 is 1.48 bits per heavy atom. The number of aryl methyl sites for hydroxylation is 1. The topological polar surface area (TPSA) is 34.0 Å². The largest absolute Gasteiger partial charge is 0.291 e. The first kappa shape index (κ1) is 14.5. The first-order valence-corrected chi connectivity index (χ1v) is 8.42. The molecule has 0 saturated heterocycles. The monoisotopic (exact) mass is 302 g/mol. The van der Waals surface area contributed by atoms with E-state index < -0.39 is 0 Å². The molecule has 0 N–H and O–H groups in total. The van der Waals surface area contributed by atoms with Crippen LogP contribution in [0.15, 0.2) is 30.4 Å². The van der Waals surface area contributed by atoms with Gasteiger partial charge in [0.25, 0.3) is 0 Å². The molecule has 0 bridgehead atoms. The van der Waals surface area contributed by atoms with Gasteiger partial charge in [0.1, 0.15) is 5.01 Å². The molecule has 0 amide bonds. The van der Waals surface area contributed by atoms with E-state index in [-0.39, 0.29) is 0 Å². The second kappa shape index (κ2) is 6.54. The van der Waals surface area contributed by atoms with Crippen LogP contribution in [-0.4, -0.2) is 32.3 Å². The summed E-state index contributed by atoms with van der Waals surface area (Å²) in [7, 11) is 1.93. The predicted molar refractivity (Wildman–Crippen MR) is 87.2 cm³/mol. The van der Waals surface area contributed by atoms with Gasteiger partial charge in [-0.3, -0.25) is 9.58 Å². The van der Waals surface area contributed by atoms with Gasteiger partial charge in [-0.05, 0) is 12.8 Å². The number of hydrogen-bond acceptors (Lipinski definition) is 4. The second-order valence-electron chi connectivity index (χ2n) is 5.70. The van der Waals surface area contributed by atoms with Crippen molar-refractivity contribution in [1.29, 1.82) is 0 Å². The Hall–Kier alpha value is -1.46. The fraction of sp³-hybridized carbons (Fsp3) is 0.500. The van der Waals surface area contributed by atoms with Crippen molar-refractivity contribution in [3.05, 3.63) is 36.1 Å². The Morgan fingerprint density at radius 3 is 2.95 bits per heavy atom. The van der Waals surface area contributed by atoms with E-state index in [2.05, 4.69) is 22.0 Å². The average molecular weight is 302 g/mol. The van der Waals surface area contributed by atoms with Gasteiger partial charge < -0.3 is 0 Å². The molecule has 1 aliphatic rings. The molecular formula is C16H22N4S. The first-order valence-electron chi connectivity index (χ1n) is 7.54. The van der Waals surface area contributed by atoms with Gasteiger partial charge in [-0.2, -0.15) is 5.10 Å². The molecule has 1 fully saturated rings. The summed E-state index contributed by atoms with van der Waals surface area (Å²) in [6, 6.07) is 0.701. The minimum absolute atomic E-state index is 0.701. The van der Waals surface area contributed by atoms with Gasteiger partial charge in [-0.15, -0.1) is 17.9 Å². The lowest BCUT2D eigenvalue weighted by Crippen LogP contribution is -2.32. The van der Waals surface area contributed by atoms with Gasteiger partial charge >= 0.3 is 0 Å². The highest BCUT2D eigenvalue weighted by atomic mass is 32.1. The Kier molecular flexibility index (Phi) is 4.51. The highest BCUT2D eigenvalue weighted by Crippen LogP contribution is 2.27. The van der Waals surface area contributed by atoms with E-state index in [1.807, 2.05) is 30.2 Å². The Bertz CT molecular complexity index is 595. The van der Waals surface area contributed by atoms with E-state index >= 15 is 0 Å². The van der Waals surface area contributed by atoms with Crippen molar-refractivity contribution in [2.24, 2.45) is 7.05 Å². The van der Waals surface area contributed by atoms with E-state index in [4.69, 9.17) is 4.98 Å². The quantitative estimate of drug-likeness (QED) is 0.766. The van der Waals surface area contributed by atoms with Crippen LogP contribution in [-0.2, 0) is 13.6 Å². The molecule has 5 heteroatoms. The molecule has 112 valence electrons. The van der Waals surface area contributed by atoms with Crippen molar-refractivity contribution < 1.29 is 0 Å². The van der Waals surface area contributed by atoms with Crippen LogP contribution in [0.1, 0.15) is 31.4 Å². The third kappa shape index (κ3) is 3.41. The van der Waals surface area contributed by atoms with Crippen LogP contribution in [0.25, 0.3) is 10.6 Å². The third-order valence-electron chi connectivity index (χ3n) is 4.07. The molecule has 21 heavy (non-hydrogen) atoms. The van der Waals surface area contributed by atoms with Gasteiger partial charge in [0.15, 0.2) is 0 Å². The zero-order valence-electron chi connectivity index (χ0n) is 12.5. The molecule has 0 radical (unpaired) electrons. The summed E-state index contributed by atoms with van der Waals surface area (Å²) < 4.78 is 1.82. The molecule has 2 aromatic heterocycles. The van der Waals surface area contributed by atoms with Crippen molar-refractivity contribution in [1.82, 2.24) is 19.7 Å². The fourth-order valence-corrected chi connectivity index (χ4v) is 3.82. The van der Waals surface area contributed by atoms with Crippen LogP contribution in [0.5, 0.6) is 0 Å². The Morgan fingerprint density at radius 2 is 2.29 bits per heavy atom. The number of hydrogen-bond donors (Lipinski definition) is 0. The summed E-state index contributed by atoms with van der Waals surface area (Å²) in [4.78, 5) is 7.29. The maximum absolute atomic E-state index is 4.78. The van der Waals surface area contributed by atoms with Crippen LogP contribution in [0.2, 0.25) is 0 Å². The molecule has 3 rings (SSSR count). The first-order chi connectivity index (χ1) is 10.3. The molecule has 1 aliphatic carbocycles. The molecule has 4 nitrogen and oxygen atoms in total. The number of rotatable bonds is 6. The van der Waals surface area contributed by atoms with E-state index in [9.17, 15) is 0 Å². The van der Waals surface area contributed by atoms with Crippen LogP contribution in [0.3, 0.4) is 0 Å². The number of aromatic nitrogens is 3. The molecule has 2 aromatic rings. The van der Waals surface area contributed by atoms with Gasteiger partial charge in [0, 0.05) is 43.3 Å². The minimum atomic E-state index is 0.701. The summed E-state index contributed by atoms with van der Waals surface area (Å²) >= 11 is 1.70. The summed E-state index contributed by atoms with van der Waals surface area (Å²) in [5, 5.41) is 7.45. The highest BCUT2D eigenvalue weighted by Gasteiger charge is 2.22. The molecular weight excluding hydrogens is 280 g/mol. The van der Waals surface area contributed by atoms with Gasteiger partial charge in [0.2, 0.25) is 0 Å². The maximum Gasteiger partial charge on any atom is 0.126 e. The van der Waals surface area contributed by atoms with Crippen molar-refractivity contribution in [2.75, 3.05) is 6.54 Å². The standard InChI is InChI=1S/C16H22N4S/c1-3-8-20(15-6-4-5-7-15)11-14-12-21-16(18-14)13-9-17-19(2)10-13/h3,9-10,12,15H,1,4-8,11H2,2H3. The lowest BCUT2D eigenvalue weighted by atomic mass is 10.2. The molecule has 0 atom stereocenters. The Balaban J connectivity index is 1.71. The normalized spacial score (nSPS) is 15.9. The second-order valence-corrected chi connectivity index (χ2v) is 6.56. The lowest BCUT2D eigenvalue weighted by Gasteiger charge is -2.26. The van der Waals surface area contributed by atoms with Gasteiger partial charge in [-0.1, -0.05) is 18.9 Å².